The predicted molar refractivity (Wildman–Crippen MR) is 82.9 cm³/mol. The van der Waals surface area contributed by atoms with E-state index in [4.69, 9.17) is 0 Å². The summed E-state index contributed by atoms with van der Waals surface area (Å²) in [5, 5.41) is 12.2. The van der Waals surface area contributed by atoms with Crippen molar-refractivity contribution in [1.29, 1.82) is 0 Å². The molecule has 1 N–H and O–H groups in total. The largest absolute Gasteiger partial charge is 0.263 e. The van der Waals surface area contributed by atoms with Crippen molar-refractivity contribution in [2.45, 2.75) is 0 Å². The van der Waals surface area contributed by atoms with Gasteiger partial charge in [-0.3, -0.25) is 0 Å². The molecule has 3 rings (SSSR count). The molecule has 3 aromatic rings. The summed E-state index contributed by atoms with van der Waals surface area (Å²) in [5.74, 6) is 0.363. The molecule has 102 valence electrons. The molecule has 0 radical (unpaired) electrons. The van der Waals surface area contributed by atoms with E-state index in [-0.39, 0.29) is 0 Å². The molecular formula is C16H13N5. The monoisotopic (exact) mass is 275 g/mol. The Hall–Kier alpha value is -3.08. The Balaban J connectivity index is 1.66. The number of nitrogens with one attached hydrogen (secondary N) is 1. The number of hydrogen-bond donors (Lipinski definition) is 1. The lowest BCUT2D eigenvalue weighted by Crippen LogP contribution is -1.99. The zero-order chi connectivity index (χ0) is 14.3. The van der Waals surface area contributed by atoms with Gasteiger partial charge in [-0.05, 0) is 5.56 Å². The van der Waals surface area contributed by atoms with Crippen LogP contribution in [-0.4, -0.2) is 21.4 Å². The lowest BCUT2D eigenvalue weighted by molar-refractivity contribution is 0.969. The fourth-order valence-corrected chi connectivity index (χ4v) is 1.77. The molecule has 1 aromatic heterocycles. The van der Waals surface area contributed by atoms with Crippen LogP contribution in [0.25, 0.3) is 11.3 Å². The Morgan fingerprint density at radius 2 is 1.57 bits per heavy atom. The second-order valence-electron chi connectivity index (χ2n) is 4.31. The molecule has 0 atom stereocenters. The summed E-state index contributed by atoms with van der Waals surface area (Å²) in [6.07, 6.45) is 3.37. The minimum atomic E-state index is 0.363. The van der Waals surface area contributed by atoms with Crippen LogP contribution in [0.4, 0.5) is 5.95 Å². The lowest BCUT2D eigenvalue weighted by Gasteiger charge is -2.00. The van der Waals surface area contributed by atoms with E-state index in [0.29, 0.717) is 5.95 Å². The Labute approximate surface area is 122 Å². The molecule has 0 aliphatic rings. The average Bonchev–Trinajstić information content (AvgIpc) is 2.57. The molecule has 0 bridgehead atoms. The highest BCUT2D eigenvalue weighted by molar-refractivity contribution is 5.79. The van der Waals surface area contributed by atoms with E-state index < -0.39 is 0 Å². The van der Waals surface area contributed by atoms with E-state index in [0.717, 1.165) is 16.8 Å². The minimum absolute atomic E-state index is 0.363. The van der Waals surface area contributed by atoms with Gasteiger partial charge >= 0.3 is 0 Å². The Morgan fingerprint density at radius 3 is 2.24 bits per heavy atom. The average molecular weight is 275 g/mol. The van der Waals surface area contributed by atoms with Crippen molar-refractivity contribution in [3.63, 3.8) is 0 Å². The summed E-state index contributed by atoms with van der Waals surface area (Å²) in [4.78, 5) is 4.19. The zero-order valence-corrected chi connectivity index (χ0v) is 11.2. The van der Waals surface area contributed by atoms with Gasteiger partial charge in [0.25, 0.3) is 5.95 Å². The molecule has 0 amide bonds. The van der Waals surface area contributed by atoms with Gasteiger partial charge in [0.1, 0.15) is 5.69 Å². The van der Waals surface area contributed by atoms with Gasteiger partial charge in [0.2, 0.25) is 0 Å². The molecule has 0 fully saturated rings. The fourth-order valence-electron chi connectivity index (χ4n) is 1.77. The third-order valence-electron chi connectivity index (χ3n) is 2.81. The maximum absolute atomic E-state index is 4.19. The highest BCUT2D eigenvalue weighted by Crippen LogP contribution is 2.14. The first-order valence-electron chi connectivity index (χ1n) is 6.51. The summed E-state index contributed by atoms with van der Waals surface area (Å²) in [6, 6.07) is 19.6. The number of hydrogen-bond acceptors (Lipinski definition) is 5. The molecular weight excluding hydrogens is 262 g/mol. The highest BCUT2D eigenvalue weighted by atomic mass is 15.4. The SMILES string of the molecule is C(=N/Nc1ncc(-c2ccccc2)nn1)/c1ccccc1. The van der Waals surface area contributed by atoms with Crippen LogP contribution in [0.3, 0.4) is 0 Å². The van der Waals surface area contributed by atoms with Crippen LogP contribution in [0, 0.1) is 0 Å². The molecule has 0 unspecified atom stereocenters. The molecule has 5 nitrogen and oxygen atoms in total. The second kappa shape index (κ2) is 6.38. The van der Waals surface area contributed by atoms with Crippen LogP contribution < -0.4 is 5.43 Å². The molecule has 2 aromatic carbocycles. The van der Waals surface area contributed by atoms with Crippen LogP contribution in [-0.2, 0) is 0 Å². The van der Waals surface area contributed by atoms with Crippen molar-refractivity contribution >= 4 is 12.2 Å². The third-order valence-corrected chi connectivity index (χ3v) is 2.81. The van der Waals surface area contributed by atoms with Gasteiger partial charge in [0.15, 0.2) is 0 Å². The molecule has 0 aliphatic heterocycles. The normalized spacial score (nSPS) is 10.7. The van der Waals surface area contributed by atoms with Crippen LogP contribution in [0.1, 0.15) is 5.56 Å². The van der Waals surface area contributed by atoms with Crippen molar-refractivity contribution in [3.05, 3.63) is 72.4 Å². The van der Waals surface area contributed by atoms with Gasteiger partial charge in [-0.1, -0.05) is 60.7 Å². The molecule has 1 heterocycles. The summed E-state index contributed by atoms with van der Waals surface area (Å²) >= 11 is 0. The maximum Gasteiger partial charge on any atom is 0.263 e. The van der Waals surface area contributed by atoms with Crippen molar-refractivity contribution in [3.8, 4) is 11.3 Å². The van der Waals surface area contributed by atoms with E-state index in [9.17, 15) is 0 Å². The molecule has 0 aliphatic carbocycles. The van der Waals surface area contributed by atoms with Crippen LogP contribution in [0.2, 0.25) is 0 Å². The molecule has 0 saturated heterocycles. The van der Waals surface area contributed by atoms with E-state index in [2.05, 4.69) is 25.7 Å². The lowest BCUT2D eigenvalue weighted by atomic mass is 10.2. The van der Waals surface area contributed by atoms with Crippen LogP contribution in [0.5, 0.6) is 0 Å². The number of aromatic nitrogens is 3. The smallest absolute Gasteiger partial charge is 0.244 e. The summed E-state index contributed by atoms with van der Waals surface area (Å²) < 4.78 is 0. The number of nitrogens with zero attached hydrogens (tertiary/aromatic N) is 4. The van der Waals surface area contributed by atoms with Crippen LogP contribution in [0.15, 0.2) is 72.0 Å². The molecule has 0 spiro atoms. The Morgan fingerprint density at radius 1 is 0.857 bits per heavy atom. The second-order valence-corrected chi connectivity index (χ2v) is 4.31. The first-order valence-corrected chi connectivity index (χ1v) is 6.51. The minimum Gasteiger partial charge on any atom is -0.244 e. The van der Waals surface area contributed by atoms with E-state index in [1.807, 2.05) is 60.7 Å². The van der Waals surface area contributed by atoms with E-state index in [1.165, 1.54) is 0 Å². The van der Waals surface area contributed by atoms with Gasteiger partial charge in [-0.25, -0.2) is 10.4 Å². The van der Waals surface area contributed by atoms with Gasteiger partial charge in [-0.15, -0.1) is 10.2 Å². The van der Waals surface area contributed by atoms with Gasteiger partial charge in [0, 0.05) is 5.56 Å². The van der Waals surface area contributed by atoms with Gasteiger partial charge in [0.05, 0.1) is 12.4 Å². The van der Waals surface area contributed by atoms with Crippen molar-refractivity contribution in [1.82, 2.24) is 15.2 Å². The van der Waals surface area contributed by atoms with Crippen LogP contribution >= 0.6 is 0 Å². The van der Waals surface area contributed by atoms with Crippen molar-refractivity contribution in [2.75, 3.05) is 5.43 Å². The van der Waals surface area contributed by atoms with Gasteiger partial charge < -0.3 is 0 Å². The standard InChI is InChI=1S/C16H13N5/c1-3-7-13(8-4-1)11-18-20-16-17-12-15(19-21-16)14-9-5-2-6-10-14/h1-12H,(H,17,20,21)/b18-11-. The number of rotatable bonds is 4. The third kappa shape index (κ3) is 3.48. The fraction of sp³-hybridized carbons (Fsp3) is 0. The Bertz CT molecular complexity index is 709. The molecule has 21 heavy (non-hydrogen) atoms. The first-order chi connectivity index (χ1) is 10.4. The van der Waals surface area contributed by atoms with Gasteiger partial charge in [-0.2, -0.15) is 5.10 Å². The Kier molecular flexibility index (Phi) is 3.93. The summed E-state index contributed by atoms with van der Waals surface area (Å²) in [6.45, 7) is 0. The summed E-state index contributed by atoms with van der Waals surface area (Å²) in [7, 11) is 0. The predicted octanol–water partition coefficient (Wildman–Crippen LogP) is 2.98. The topological polar surface area (TPSA) is 63.1 Å². The van der Waals surface area contributed by atoms with E-state index >= 15 is 0 Å². The zero-order valence-electron chi connectivity index (χ0n) is 11.2. The maximum atomic E-state index is 4.19. The molecule has 5 heteroatoms. The number of benzene rings is 2. The quantitative estimate of drug-likeness (QED) is 0.587. The van der Waals surface area contributed by atoms with E-state index in [1.54, 1.807) is 12.4 Å². The number of anilines is 1. The highest BCUT2D eigenvalue weighted by Gasteiger charge is 2.00. The van der Waals surface area contributed by atoms with Crippen molar-refractivity contribution < 1.29 is 0 Å². The van der Waals surface area contributed by atoms with Crippen molar-refractivity contribution in [2.24, 2.45) is 5.10 Å². The summed E-state index contributed by atoms with van der Waals surface area (Å²) in [5.41, 5.74) is 5.47. The molecule has 0 saturated carbocycles. The number of hydrazone groups is 1. The first kappa shape index (κ1) is 12.9.